The minimum atomic E-state index is -0.757. The molecule has 37 heavy (non-hydrogen) atoms. The van der Waals surface area contributed by atoms with E-state index in [-0.39, 0.29) is 17.3 Å². The van der Waals surface area contributed by atoms with Gasteiger partial charge in [-0.2, -0.15) is 0 Å². The molecule has 0 spiro atoms. The second kappa shape index (κ2) is 11.9. The minimum Gasteiger partial charge on any atom is -0.489 e. The highest BCUT2D eigenvalue weighted by molar-refractivity contribution is 8.16. The molecule has 3 rings (SSSR count). The molecule has 1 aliphatic heterocycles. The number of thioether (sulfide) groups is 1. The van der Waals surface area contributed by atoms with Crippen molar-refractivity contribution >= 4 is 29.4 Å². The van der Waals surface area contributed by atoms with Crippen molar-refractivity contribution in [2.24, 2.45) is 5.73 Å². The van der Waals surface area contributed by atoms with Crippen LogP contribution in [0.25, 0.3) is 6.08 Å². The number of halogens is 1. The fraction of sp³-hybridized carbons (Fsp3) is 0.379. The molecule has 1 unspecified atom stereocenters. The third kappa shape index (κ3) is 6.74. The Morgan fingerprint density at radius 1 is 1.19 bits per heavy atom. The number of nitrogens with two attached hydrogens (primary N) is 1. The smallest absolute Gasteiger partial charge is 0.255 e. The molecule has 198 valence electrons. The largest absolute Gasteiger partial charge is 0.489 e. The molecule has 0 saturated carbocycles. The predicted octanol–water partition coefficient (Wildman–Crippen LogP) is 6.01. The van der Waals surface area contributed by atoms with Crippen LogP contribution in [-0.2, 0) is 16.0 Å². The van der Waals surface area contributed by atoms with Gasteiger partial charge in [-0.25, -0.2) is 4.39 Å². The molecule has 2 aromatic carbocycles. The van der Waals surface area contributed by atoms with Crippen LogP contribution in [0.3, 0.4) is 0 Å². The summed E-state index contributed by atoms with van der Waals surface area (Å²) < 4.78 is 33.2. The van der Waals surface area contributed by atoms with Gasteiger partial charge in [0, 0.05) is 5.56 Å². The SMILES string of the molecule is CC(C)=CCOc1c(C)c(C)c2c(c1C)CCC(C)(COc1ccc(/C=C(\SC=O)C(N)=O)cc1F)O2. The van der Waals surface area contributed by atoms with Crippen molar-refractivity contribution in [2.75, 3.05) is 13.2 Å². The second-order valence-electron chi connectivity index (χ2n) is 9.72. The zero-order valence-electron chi connectivity index (χ0n) is 22.2. The van der Waals surface area contributed by atoms with Crippen LogP contribution in [0.5, 0.6) is 17.2 Å². The first-order valence-corrected chi connectivity index (χ1v) is 13.0. The highest BCUT2D eigenvalue weighted by Gasteiger charge is 2.36. The normalized spacial score (nSPS) is 16.9. The predicted molar refractivity (Wildman–Crippen MR) is 146 cm³/mol. The average Bonchev–Trinajstić information content (AvgIpc) is 2.83. The Bertz CT molecular complexity index is 1270. The molecule has 0 fully saturated rings. The van der Waals surface area contributed by atoms with E-state index in [0.717, 1.165) is 40.2 Å². The Labute approximate surface area is 222 Å². The van der Waals surface area contributed by atoms with Crippen molar-refractivity contribution in [3.05, 3.63) is 68.4 Å². The van der Waals surface area contributed by atoms with Gasteiger partial charge in [-0.3, -0.25) is 9.59 Å². The van der Waals surface area contributed by atoms with Gasteiger partial charge in [-0.1, -0.05) is 11.6 Å². The number of hydrogen-bond donors (Lipinski definition) is 1. The molecule has 0 aliphatic carbocycles. The highest BCUT2D eigenvalue weighted by atomic mass is 32.2. The molecule has 2 N–H and O–H groups in total. The Hall–Kier alpha value is -3.26. The number of fused-ring (bicyclic) bond motifs is 1. The molecule has 0 aromatic heterocycles. The summed E-state index contributed by atoms with van der Waals surface area (Å²) in [6.07, 6.45) is 4.91. The first-order chi connectivity index (χ1) is 17.5. The van der Waals surface area contributed by atoms with Crippen molar-refractivity contribution in [2.45, 2.75) is 60.0 Å². The summed E-state index contributed by atoms with van der Waals surface area (Å²) in [6, 6.07) is 4.32. The van der Waals surface area contributed by atoms with Gasteiger partial charge in [-0.15, -0.1) is 0 Å². The summed E-state index contributed by atoms with van der Waals surface area (Å²) >= 11 is 0.646. The Morgan fingerprint density at radius 2 is 1.92 bits per heavy atom. The van der Waals surface area contributed by atoms with Gasteiger partial charge in [0.05, 0.1) is 4.91 Å². The van der Waals surface area contributed by atoms with Gasteiger partial charge in [-0.05, 0) is 113 Å². The second-order valence-corrected chi connectivity index (χ2v) is 10.6. The molecule has 1 aliphatic rings. The molecule has 8 heteroatoms. The number of hydrogen-bond acceptors (Lipinski definition) is 6. The summed E-state index contributed by atoms with van der Waals surface area (Å²) in [4.78, 5) is 22.2. The van der Waals surface area contributed by atoms with Crippen molar-refractivity contribution < 1.29 is 28.2 Å². The number of amides is 1. The summed E-state index contributed by atoms with van der Waals surface area (Å²) in [7, 11) is 0. The maximum Gasteiger partial charge on any atom is 0.255 e. The number of carbonyl (C=O) groups is 2. The van der Waals surface area contributed by atoms with Crippen LogP contribution in [-0.4, -0.2) is 30.3 Å². The van der Waals surface area contributed by atoms with E-state index in [1.54, 1.807) is 6.07 Å². The maximum absolute atomic E-state index is 14.8. The number of ether oxygens (including phenoxy) is 3. The van der Waals surface area contributed by atoms with Gasteiger partial charge in [0.15, 0.2) is 17.2 Å². The van der Waals surface area contributed by atoms with Crippen LogP contribution in [0.15, 0.2) is 34.8 Å². The topological polar surface area (TPSA) is 87.9 Å². The molecule has 1 atom stereocenters. The summed E-state index contributed by atoms with van der Waals surface area (Å²) in [6.45, 7) is 12.9. The van der Waals surface area contributed by atoms with Gasteiger partial charge in [0.25, 0.3) is 5.91 Å². The Morgan fingerprint density at radius 3 is 2.54 bits per heavy atom. The monoisotopic (exact) mass is 527 g/mol. The van der Waals surface area contributed by atoms with Crippen LogP contribution < -0.4 is 19.9 Å². The van der Waals surface area contributed by atoms with Crippen LogP contribution in [0.4, 0.5) is 4.39 Å². The molecular formula is C29H34FNO5S. The number of allylic oxidation sites excluding steroid dienone is 1. The molecule has 0 radical (unpaired) electrons. The third-order valence-corrected chi connectivity index (χ3v) is 7.16. The van der Waals surface area contributed by atoms with Gasteiger partial charge >= 0.3 is 0 Å². The maximum atomic E-state index is 14.8. The lowest BCUT2D eigenvalue weighted by Crippen LogP contribution is -2.42. The number of benzene rings is 2. The van der Waals surface area contributed by atoms with E-state index in [9.17, 15) is 14.0 Å². The van der Waals surface area contributed by atoms with Crippen LogP contribution in [0.1, 0.15) is 55.0 Å². The summed E-state index contributed by atoms with van der Waals surface area (Å²) in [5.41, 5.74) is 11.0. The van der Waals surface area contributed by atoms with Gasteiger partial charge in [0.1, 0.15) is 30.3 Å². The molecule has 0 bridgehead atoms. The van der Waals surface area contributed by atoms with Gasteiger partial charge < -0.3 is 19.9 Å². The summed E-state index contributed by atoms with van der Waals surface area (Å²) in [5, 5.41) is 0. The summed E-state index contributed by atoms with van der Waals surface area (Å²) in [5.74, 6) is 0.472. The van der Waals surface area contributed by atoms with E-state index >= 15 is 0 Å². The van der Waals surface area contributed by atoms with Crippen molar-refractivity contribution in [1.82, 2.24) is 0 Å². The molecule has 1 amide bonds. The third-order valence-electron chi connectivity index (χ3n) is 6.49. The lowest BCUT2D eigenvalue weighted by atomic mass is 9.87. The van der Waals surface area contributed by atoms with E-state index in [0.29, 0.717) is 36.0 Å². The number of rotatable bonds is 10. The Balaban J connectivity index is 1.76. The zero-order valence-corrected chi connectivity index (χ0v) is 23.0. The van der Waals surface area contributed by atoms with Crippen LogP contribution in [0.2, 0.25) is 0 Å². The fourth-order valence-electron chi connectivity index (χ4n) is 4.21. The van der Waals surface area contributed by atoms with Gasteiger partial charge in [0.2, 0.25) is 0 Å². The van der Waals surface area contributed by atoms with E-state index in [2.05, 4.69) is 13.0 Å². The standard InChI is InChI=1S/C29H34FNO5S/c1-17(2)10-12-34-26-18(3)19(4)27-22(20(26)5)9-11-29(6,36-27)15-35-24-8-7-21(13-23(24)30)14-25(28(31)33)37-16-32/h7-8,10,13-14,16H,9,11-12,15H2,1-6H3,(H2,31,33)/b25-14-. The first kappa shape index (κ1) is 28.3. The number of carbonyl (C=O) groups excluding carboxylic acids is 2. The fourth-order valence-corrected chi connectivity index (χ4v) is 4.64. The molecule has 6 nitrogen and oxygen atoms in total. The molecule has 1 heterocycles. The van der Waals surface area contributed by atoms with Crippen LogP contribution in [0, 0.1) is 26.6 Å². The lowest BCUT2D eigenvalue weighted by molar-refractivity contribution is -0.113. The van der Waals surface area contributed by atoms with E-state index in [1.165, 1.54) is 23.8 Å². The van der Waals surface area contributed by atoms with Crippen molar-refractivity contribution in [3.63, 3.8) is 0 Å². The molecule has 0 saturated heterocycles. The quantitative estimate of drug-likeness (QED) is 0.231. The molecule has 2 aromatic rings. The average molecular weight is 528 g/mol. The number of primary amides is 1. The van der Waals surface area contributed by atoms with E-state index in [4.69, 9.17) is 19.9 Å². The van der Waals surface area contributed by atoms with Crippen molar-refractivity contribution in [1.29, 1.82) is 0 Å². The first-order valence-electron chi connectivity index (χ1n) is 12.1. The lowest BCUT2D eigenvalue weighted by Gasteiger charge is -2.38. The zero-order chi connectivity index (χ0) is 27.3. The van der Waals surface area contributed by atoms with Crippen LogP contribution >= 0.6 is 11.8 Å². The van der Waals surface area contributed by atoms with Crippen molar-refractivity contribution in [3.8, 4) is 17.2 Å². The van der Waals surface area contributed by atoms with E-state index < -0.39 is 17.3 Å². The molecular weight excluding hydrogens is 493 g/mol. The Kier molecular flexibility index (Phi) is 9.07. The highest BCUT2D eigenvalue weighted by Crippen LogP contribution is 2.44. The minimum absolute atomic E-state index is 0.0244. The van der Waals surface area contributed by atoms with E-state index in [1.807, 2.05) is 34.6 Å².